The van der Waals surface area contributed by atoms with Gasteiger partial charge in [-0.1, -0.05) is 30.3 Å². The van der Waals surface area contributed by atoms with Crippen LogP contribution in [-0.4, -0.2) is 72.4 Å². The van der Waals surface area contributed by atoms with Crippen LogP contribution in [0.3, 0.4) is 0 Å². The summed E-state index contributed by atoms with van der Waals surface area (Å²) in [5, 5.41) is 16.8. The lowest BCUT2D eigenvalue weighted by Gasteiger charge is -2.36. The van der Waals surface area contributed by atoms with E-state index >= 15 is 0 Å². The van der Waals surface area contributed by atoms with E-state index in [2.05, 4.69) is 10.2 Å². The summed E-state index contributed by atoms with van der Waals surface area (Å²) in [6.07, 6.45) is 0. The number of anilines is 2. The monoisotopic (exact) mass is 489 g/mol. The molecule has 9 nitrogen and oxygen atoms in total. The number of fused-ring (bicyclic) bond motifs is 1. The first-order chi connectivity index (χ1) is 17.4. The van der Waals surface area contributed by atoms with Crippen LogP contribution >= 0.6 is 0 Å². The van der Waals surface area contributed by atoms with Gasteiger partial charge in [-0.05, 0) is 48.9 Å². The van der Waals surface area contributed by atoms with E-state index in [0.717, 1.165) is 10.8 Å². The maximum Gasteiger partial charge on any atom is 0.293 e. The SMILES string of the molecule is CCN(CC)C(=O)CN1CCN(c2ccc(C(=O)Nc3ccc4ccccc4c3)cc2[N+](=O)[O-])CC1. The maximum absolute atomic E-state index is 12.9. The van der Waals surface area contributed by atoms with Gasteiger partial charge in [-0.15, -0.1) is 0 Å². The van der Waals surface area contributed by atoms with E-state index in [1.54, 1.807) is 17.0 Å². The van der Waals surface area contributed by atoms with Crippen LogP contribution in [0.25, 0.3) is 10.8 Å². The standard InChI is InChI=1S/C27H31N5O4/c1-3-30(4-2)26(33)19-29-13-15-31(16-14-29)24-12-10-22(18-25(24)32(35)36)27(34)28-23-11-9-20-7-5-6-8-21(20)17-23/h5-12,17-18H,3-4,13-16,19H2,1-2H3,(H,28,34). The van der Waals surface area contributed by atoms with Crippen LogP contribution < -0.4 is 10.2 Å². The average Bonchev–Trinajstić information content (AvgIpc) is 2.89. The number of carbonyl (C=O) groups is 2. The van der Waals surface area contributed by atoms with Gasteiger partial charge in [0, 0.05) is 56.6 Å². The molecule has 0 atom stereocenters. The molecule has 4 rings (SSSR count). The first-order valence-electron chi connectivity index (χ1n) is 12.2. The lowest BCUT2D eigenvalue weighted by Crippen LogP contribution is -2.50. The molecular formula is C27H31N5O4. The fourth-order valence-electron chi connectivity index (χ4n) is 4.56. The number of nitro groups is 1. The van der Waals surface area contributed by atoms with Gasteiger partial charge >= 0.3 is 0 Å². The van der Waals surface area contributed by atoms with Crippen molar-refractivity contribution in [3.8, 4) is 0 Å². The number of nitro benzene ring substituents is 1. The second-order valence-corrected chi connectivity index (χ2v) is 8.81. The minimum absolute atomic E-state index is 0.0983. The third-order valence-corrected chi connectivity index (χ3v) is 6.63. The largest absolute Gasteiger partial charge is 0.363 e. The van der Waals surface area contributed by atoms with Crippen LogP contribution in [0.5, 0.6) is 0 Å². The number of piperazine rings is 1. The van der Waals surface area contributed by atoms with Gasteiger partial charge in [-0.3, -0.25) is 24.6 Å². The molecule has 0 unspecified atom stereocenters. The van der Waals surface area contributed by atoms with E-state index in [-0.39, 0.29) is 17.2 Å². The fraction of sp³-hybridized carbons (Fsp3) is 0.333. The molecule has 1 saturated heterocycles. The number of likely N-dealkylation sites (N-methyl/N-ethyl adjacent to an activating group) is 1. The van der Waals surface area contributed by atoms with Gasteiger partial charge < -0.3 is 15.1 Å². The van der Waals surface area contributed by atoms with Crippen molar-refractivity contribution in [1.82, 2.24) is 9.80 Å². The van der Waals surface area contributed by atoms with E-state index < -0.39 is 10.8 Å². The Balaban J connectivity index is 1.44. The number of benzene rings is 3. The van der Waals surface area contributed by atoms with Gasteiger partial charge in [0.1, 0.15) is 5.69 Å². The van der Waals surface area contributed by atoms with E-state index in [9.17, 15) is 19.7 Å². The van der Waals surface area contributed by atoms with E-state index in [1.165, 1.54) is 6.07 Å². The van der Waals surface area contributed by atoms with Crippen LogP contribution in [0.15, 0.2) is 60.7 Å². The van der Waals surface area contributed by atoms with Crippen LogP contribution in [0.1, 0.15) is 24.2 Å². The molecule has 1 N–H and O–H groups in total. The summed E-state index contributed by atoms with van der Waals surface area (Å²) in [7, 11) is 0. The van der Waals surface area contributed by atoms with Crippen molar-refractivity contribution in [3.05, 3.63) is 76.3 Å². The molecule has 0 aromatic heterocycles. The smallest absolute Gasteiger partial charge is 0.293 e. The van der Waals surface area contributed by atoms with E-state index in [1.807, 2.05) is 61.2 Å². The van der Waals surface area contributed by atoms with E-state index in [0.29, 0.717) is 57.2 Å². The third-order valence-electron chi connectivity index (χ3n) is 6.63. The Kier molecular flexibility index (Phi) is 7.80. The molecule has 9 heteroatoms. The summed E-state index contributed by atoms with van der Waals surface area (Å²) in [6.45, 7) is 8.04. The van der Waals surface area contributed by atoms with Crippen LogP contribution in [0, 0.1) is 10.1 Å². The quantitative estimate of drug-likeness (QED) is 0.379. The molecule has 2 amide bonds. The molecule has 188 valence electrons. The molecule has 0 saturated carbocycles. The number of rotatable bonds is 8. The lowest BCUT2D eigenvalue weighted by molar-refractivity contribution is -0.384. The zero-order valence-corrected chi connectivity index (χ0v) is 20.6. The Bertz CT molecular complexity index is 1270. The van der Waals surface area contributed by atoms with Crippen LogP contribution in [0.2, 0.25) is 0 Å². The Morgan fingerprint density at radius 1 is 0.944 bits per heavy atom. The normalized spacial score (nSPS) is 14.0. The van der Waals surface area contributed by atoms with Crippen molar-refractivity contribution in [1.29, 1.82) is 0 Å². The van der Waals surface area contributed by atoms with Gasteiger partial charge in [0.2, 0.25) is 5.91 Å². The highest BCUT2D eigenvalue weighted by molar-refractivity contribution is 6.06. The zero-order chi connectivity index (χ0) is 25.7. The van der Waals surface area contributed by atoms with Gasteiger partial charge in [-0.25, -0.2) is 0 Å². The summed E-state index contributed by atoms with van der Waals surface area (Å²) in [4.78, 5) is 42.5. The Hall–Kier alpha value is -3.98. The number of amides is 2. The molecule has 0 spiro atoms. The molecular weight excluding hydrogens is 458 g/mol. The Morgan fingerprint density at radius 2 is 1.64 bits per heavy atom. The summed E-state index contributed by atoms with van der Waals surface area (Å²) >= 11 is 0. The molecule has 1 fully saturated rings. The molecule has 1 aliphatic rings. The van der Waals surface area contributed by atoms with Crippen LogP contribution in [-0.2, 0) is 4.79 Å². The predicted molar refractivity (Wildman–Crippen MR) is 142 cm³/mol. The third kappa shape index (κ3) is 5.63. The molecule has 3 aromatic carbocycles. The number of hydrogen-bond donors (Lipinski definition) is 1. The second kappa shape index (κ2) is 11.2. The molecule has 0 aliphatic carbocycles. The summed E-state index contributed by atoms with van der Waals surface area (Å²) in [6, 6.07) is 18.0. The number of carbonyl (C=O) groups excluding carboxylic acids is 2. The summed E-state index contributed by atoms with van der Waals surface area (Å²) < 4.78 is 0. The van der Waals surface area contributed by atoms with Crippen LogP contribution in [0.4, 0.5) is 17.1 Å². The van der Waals surface area contributed by atoms with Crippen molar-refractivity contribution in [2.75, 3.05) is 56.0 Å². The first-order valence-corrected chi connectivity index (χ1v) is 12.2. The van der Waals surface area contributed by atoms with Gasteiger partial charge in [0.15, 0.2) is 0 Å². The van der Waals surface area contributed by atoms with Gasteiger partial charge in [0.05, 0.1) is 11.5 Å². The highest BCUT2D eigenvalue weighted by atomic mass is 16.6. The minimum atomic E-state index is -0.446. The second-order valence-electron chi connectivity index (χ2n) is 8.81. The van der Waals surface area contributed by atoms with Crippen molar-refractivity contribution in [3.63, 3.8) is 0 Å². The Morgan fingerprint density at radius 3 is 2.31 bits per heavy atom. The molecule has 0 radical (unpaired) electrons. The van der Waals surface area contributed by atoms with Crippen molar-refractivity contribution in [2.45, 2.75) is 13.8 Å². The van der Waals surface area contributed by atoms with E-state index in [4.69, 9.17) is 0 Å². The number of nitrogens with one attached hydrogen (secondary N) is 1. The highest BCUT2D eigenvalue weighted by Crippen LogP contribution is 2.30. The fourth-order valence-corrected chi connectivity index (χ4v) is 4.56. The number of hydrogen-bond acceptors (Lipinski definition) is 6. The average molecular weight is 490 g/mol. The van der Waals surface area contributed by atoms with Gasteiger partial charge in [-0.2, -0.15) is 0 Å². The zero-order valence-electron chi connectivity index (χ0n) is 20.6. The molecule has 36 heavy (non-hydrogen) atoms. The van der Waals surface area contributed by atoms with Crippen molar-refractivity contribution < 1.29 is 14.5 Å². The Labute approximate surface area is 210 Å². The minimum Gasteiger partial charge on any atom is -0.363 e. The van der Waals surface area contributed by atoms with Crippen molar-refractivity contribution >= 4 is 39.6 Å². The molecule has 0 bridgehead atoms. The topological polar surface area (TPSA) is 99.0 Å². The lowest BCUT2D eigenvalue weighted by atomic mass is 10.1. The summed E-state index contributed by atoms with van der Waals surface area (Å²) in [5.41, 5.74) is 1.23. The maximum atomic E-state index is 12.9. The molecule has 3 aromatic rings. The first kappa shape index (κ1) is 25.1. The predicted octanol–water partition coefficient (Wildman–Crippen LogP) is 3.99. The highest BCUT2D eigenvalue weighted by Gasteiger charge is 2.26. The number of nitrogens with zero attached hydrogens (tertiary/aromatic N) is 4. The van der Waals surface area contributed by atoms with Crippen molar-refractivity contribution in [2.24, 2.45) is 0 Å². The molecule has 1 aliphatic heterocycles. The molecule has 1 heterocycles. The van der Waals surface area contributed by atoms with Gasteiger partial charge in [0.25, 0.3) is 11.6 Å². The summed E-state index contributed by atoms with van der Waals surface area (Å²) in [5.74, 6) is -0.305.